The van der Waals surface area contributed by atoms with Crippen molar-refractivity contribution >= 4 is 11.6 Å². The first-order valence-electron chi connectivity index (χ1n) is 6.01. The zero-order valence-electron chi connectivity index (χ0n) is 10.2. The fraction of sp³-hybridized carbons (Fsp3) is 0.636. The molecule has 0 amide bonds. The molecule has 1 atom stereocenters. The summed E-state index contributed by atoms with van der Waals surface area (Å²) in [5.41, 5.74) is 5.41. The van der Waals surface area contributed by atoms with E-state index in [1.807, 2.05) is 0 Å². The van der Waals surface area contributed by atoms with Gasteiger partial charge in [-0.3, -0.25) is 0 Å². The molecule has 106 valence electrons. The first-order chi connectivity index (χ1) is 8.91. The van der Waals surface area contributed by atoms with Crippen molar-refractivity contribution in [3.05, 3.63) is 11.9 Å². The monoisotopic (exact) mass is 276 g/mol. The van der Waals surface area contributed by atoms with Crippen molar-refractivity contribution in [1.29, 1.82) is 0 Å². The topological polar surface area (TPSA) is 75.3 Å². The van der Waals surface area contributed by atoms with Crippen LogP contribution in [0.2, 0.25) is 0 Å². The maximum absolute atomic E-state index is 12.6. The van der Waals surface area contributed by atoms with Crippen LogP contribution in [0, 0.1) is 0 Å². The molecule has 0 saturated carbocycles. The standard InChI is InChI=1S/C11H15F3N4O/c12-11(13,14)10-16-8(15)5-9(17-10)18-4-2-1-3-7(18)6-19/h5,7,19H,1-4,6H2,(H2,15,16,17). The number of piperidine rings is 1. The van der Waals surface area contributed by atoms with E-state index < -0.39 is 12.0 Å². The second-order valence-corrected chi connectivity index (χ2v) is 4.50. The highest BCUT2D eigenvalue weighted by atomic mass is 19.4. The Labute approximate surface area is 108 Å². The van der Waals surface area contributed by atoms with Crippen LogP contribution in [0.3, 0.4) is 0 Å². The first-order valence-corrected chi connectivity index (χ1v) is 6.01. The zero-order chi connectivity index (χ0) is 14.0. The highest BCUT2D eigenvalue weighted by Crippen LogP contribution is 2.30. The van der Waals surface area contributed by atoms with Gasteiger partial charge in [-0.15, -0.1) is 0 Å². The maximum Gasteiger partial charge on any atom is 0.451 e. The molecule has 1 unspecified atom stereocenters. The molecule has 0 aromatic carbocycles. The van der Waals surface area contributed by atoms with Gasteiger partial charge in [-0.1, -0.05) is 0 Å². The summed E-state index contributed by atoms with van der Waals surface area (Å²) in [5, 5.41) is 9.28. The molecule has 0 spiro atoms. The number of hydrogen-bond acceptors (Lipinski definition) is 5. The van der Waals surface area contributed by atoms with Crippen molar-refractivity contribution in [2.75, 3.05) is 23.8 Å². The molecule has 1 aliphatic heterocycles. The number of aliphatic hydroxyl groups excluding tert-OH is 1. The molecule has 2 rings (SSSR count). The average Bonchev–Trinajstić information content (AvgIpc) is 2.37. The Bertz CT molecular complexity index is 452. The second-order valence-electron chi connectivity index (χ2n) is 4.50. The molecule has 0 aliphatic carbocycles. The van der Waals surface area contributed by atoms with E-state index in [1.165, 1.54) is 6.07 Å². The van der Waals surface area contributed by atoms with E-state index >= 15 is 0 Å². The predicted octanol–water partition coefficient (Wildman–Crippen LogP) is 1.43. The van der Waals surface area contributed by atoms with Gasteiger partial charge in [0.25, 0.3) is 0 Å². The molecule has 1 aromatic heterocycles. The SMILES string of the molecule is Nc1cc(N2CCCCC2CO)nc(C(F)(F)F)n1. The summed E-state index contributed by atoms with van der Waals surface area (Å²) < 4.78 is 37.9. The smallest absolute Gasteiger partial charge is 0.394 e. The summed E-state index contributed by atoms with van der Waals surface area (Å²) in [6.45, 7) is 0.435. The third-order valence-corrected chi connectivity index (χ3v) is 3.12. The van der Waals surface area contributed by atoms with Crippen LogP contribution >= 0.6 is 0 Å². The fourth-order valence-corrected chi connectivity index (χ4v) is 2.22. The minimum atomic E-state index is -4.63. The highest BCUT2D eigenvalue weighted by Gasteiger charge is 2.36. The van der Waals surface area contributed by atoms with Crippen LogP contribution in [0.5, 0.6) is 0 Å². The molecular weight excluding hydrogens is 261 g/mol. The van der Waals surface area contributed by atoms with E-state index in [1.54, 1.807) is 4.90 Å². The molecule has 0 radical (unpaired) electrons. The summed E-state index contributed by atoms with van der Waals surface area (Å²) >= 11 is 0. The van der Waals surface area contributed by atoms with Crippen molar-refractivity contribution in [3.63, 3.8) is 0 Å². The van der Waals surface area contributed by atoms with Gasteiger partial charge in [-0.2, -0.15) is 13.2 Å². The molecule has 0 bridgehead atoms. The van der Waals surface area contributed by atoms with Crippen LogP contribution in [0.25, 0.3) is 0 Å². The van der Waals surface area contributed by atoms with Gasteiger partial charge in [0, 0.05) is 12.6 Å². The van der Waals surface area contributed by atoms with E-state index in [4.69, 9.17) is 5.73 Å². The van der Waals surface area contributed by atoms with Gasteiger partial charge in [-0.05, 0) is 19.3 Å². The van der Waals surface area contributed by atoms with Gasteiger partial charge in [0.15, 0.2) is 0 Å². The van der Waals surface area contributed by atoms with E-state index in [2.05, 4.69) is 9.97 Å². The first kappa shape index (κ1) is 13.9. The van der Waals surface area contributed by atoms with Gasteiger partial charge in [-0.25, -0.2) is 9.97 Å². The number of anilines is 2. The Morgan fingerprint density at radius 2 is 2.11 bits per heavy atom. The van der Waals surface area contributed by atoms with E-state index in [9.17, 15) is 18.3 Å². The molecule has 1 aromatic rings. The van der Waals surface area contributed by atoms with Crippen LogP contribution < -0.4 is 10.6 Å². The molecule has 1 aliphatic rings. The van der Waals surface area contributed by atoms with Crippen molar-refractivity contribution in [2.24, 2.45) is 0 Å². The lowest BCUT2D eigenvalue weighted by molar-refractivity contribution is -0.144. The number of alkyl halides is 3. The van der Waals surface area contributed by atoms with Crippen LogP contribution in [-0.4, -0.2) is 34.3 Å². The van der Waals surface area contributed by atoms with Crippen LogP contribution in [-0.2, 0) is 6.18 Å². The molecule has 5 nitrogen and oxygen atoms in total. The lowest BCUT2D eigenvalue weighted by Gasteiger charge is -2.35. The van der Waals surface area contributed by atoms with Gasteiger partial charge in [0.05, 0.1) is 12.6 Å². The van der Waals surface area contributed by atoms with E-state index in [0.717, 1.165) is 19.3 Å². The van der Waals surface area contributed by atoms with Crippen molar-refractivity contribution in [2.45, 2.75) is 31.5 Å². The number of nitrogens with zero attached hydrogens (tertiary/aromatic N) is 3. The number of aliphatic hydroxyl groups is 1. The Hall–Kier alpha value is -1.57. The lowest BCUT2D eigenvalue weighted by Crippen LogP contribution is -2.42. The zero-order valence-corrected chi connectivity index (χ0v) is 10.2. The van der Waals surface area contributed by atoms with E-state index in [0.29, 0.717) is 6.54 Å². The summed E-state index contributed by atoms with van der Waals surface area (Å²) in [6, 6.07) is 1.09. The lowest BCUT2D eigenvalue weighted by atomic mass is 10.0. The normalized spacial score (nSPS) is 20.6. The number of hydrogen-bond donors (Lipinski definition) is 2. The van der Waals surface area contributed by atoms with Crippen LogP contribution in [0.4, 0.5) is 24.8 Å². The minimum Gasteiger partial charge on any atom is -0.394 e. The maximum atomic E-state index is 12.6. The molecule has 3 N–H and O–H groups in total. The minimum absolute atomic E-state index is 0.120. The van der Waals surface area contributed by atoms with Crippen LogP contribution in [0.1, 0.15) is 25.1 Å². The molecule has 1 saturated heterocycles. The number of nitrogens with two attached hydrogens (primary N) is 1. The Morgan fingerprint density at radius 1 is 1.37 bits per heavy atom. The van der Waals surface area contributed by atoms with Crippen molar-refractivity contribution in [1.82, 2.24) is 9.97 Å². The molecular formula is C11H15F3N4O. The third-order valence-electron chi connectivity index (χ3n) is 3.12. The van der Waals surface area contributed by atoms with Crippen molar-refractivity contribution in [3.8, 4) is 0 Å². The number of nitrogen functional groups attached to an aromatic ring is 1. The number of halogens is 3. The van der Waals surface area contributed by atoms with Gasteiger partial charge in [0.1, 0.15) is 11.6 Å². The number of rotatable bonds is 2. The van der Waals surface area contributed by atoms with Gasteiger partial charge in [0.2, 0.25) is 5.82 Å². The molecule has 2 heterocycles. The molecule has 8 heteroatoms. The Morgan fingerprint density at radius 3 is 2.74 bits per heavy atom. The van der Waals surface area contributed by atoms with Crippen LogP contribution in [0.15, 0.2) is 6.07 Å². The average molecular weight is 276 g/mol. The number of aromatic nitrogens is 2. The fourth-order valence-electron chi connectivity index (χ4n) is 2.22. The Balaban J connectivity index is 2.35. The van der Waals surface area contributed by atoms with Gasteiger partial charge >= 0.3 is 6.18 Å². The molecule has 19 heavy (non-hydrogen) atoms. The third kappa shape index (κ3) is 3.06. The largest absolute Gasteiger partial charge is 0.451 e. The quantitative estimate of drug-likeness (QED) is 0.854. The van der Waals surface area contributed by atoms with Gasteiger partial charge < -0.3 is 15.7 Å². The highest BCUT2D eigenvalue weighted by molar-refractivity contribution is 5.48. The summed E-state index contributed by atoms with van der Waals surface area (Å²) in [5.74, 6) is -1.34. The van der Waals surface area contributed by atoms with Crippen molar-refractivity contribution < 1.29 is 18.3 Å². The molecule has 1 fully saturated rings. The second kappa shape index (κ2) is 5.20. The summed E-state index contributed by atoms with van der Waals surface area (Å²) in [7, 11) is 0. The summed E-state index contributed by atoms with van der Waals surface area (Å²) in [6.07, 6.45) is -2.12. The van der Waals surface area contributed by atoms with E-state index in [-0.39, 0.29) is 24.3 Å². The predicted molar refractivity (Wildman–Crippen MR) is 63.5 cm³/mol. The summed E-state index contributed by atoms with van der Waals surface area (Å²) in [4.78, 5) is 8.39. The Kier molecular flexibility index (Phi) is 3.79.